The molecule has 0 aliphatic heterocycles. The van der Waals surface area contributed by atoms with Crippen LogP contribution < -0.4 is 0 Å². The van der Waals surface area contributed by atoms with E-state index in [0.717, 1.165) is 34.6 Å². The zero-order valence-corrected chi connectivity index (χ0v) is 14.7. The topological polar surface area (TPSA) is 77.6 Å². The quantitative estimate of drug-likeness (QED) is 0.463. The summed E-state index contributed by atoms with van der Waals surface area (Å²) in [6.45, 7) is 2.41. The van der Waals surface area contributed by atoms with E-state index in [1.807, 2.05) is 61.5 Å². The molecule has 0 saturated carbocycles. The number of aromatic nitrogens is 5. The second-order valence-electron chi connectivity index (χ2n) is 6.24. The molecule has 0 atom stereocenters. The summed E-state index contributed by atoms with van der Waals surface area (Å²) >= 11 is 0. The van der Waals surface area contributed by atoms with Crippen molar-refractivity contribution in [3.63, 3.8) is 0 Å². The maximum absolute atomic E-state index is 5.63. The molecular formula is C20H16N6O. The molecule has 1 aliphatic carbocycles. The predicted molar refractivity (Wildman–Crippen MR) is 100 cm³/mol. The van der Waals surface area contributed by atoms with E-state index in [4.69, 9.17) is 9.94 Å². The molecule has 7 heteroatoms. The van der Waals surface area contributed by atoms with Gasteiger partial charge in [-0.2, -0.15) is 9.61 Å². The molecule has 0 radical (unpaired) electrons. The Morgan fingerprint density at radius 1 is 0.926 bits per heavy atom. The van der Waals surface area contributed by atoms with Crippen LogP contribution in [0.25, 0.3) is 17.0 Å². The van der Waals surface area contributed by atoms with Crippen LogP contribution in [-0.4, -0.2) is 30.5 Å². The smallest absolute Gasteiger partial charge is 0.272 e. The molecule has 7 nitrogen and oxygen atoms in total. The van der Waals surface area contributed by atoms with Gasteiger partial charge < -0.3 is 4.84 Å². The molecule has 0 N–H and O–H groups in total. The Hall–Kier alpha value is -3.61. The maximum atomic E-state index is 5.63. The van der Waals surface area contributed by atoms with Crippen LogP contribution in [0.2, 0.25) is 0 Å². The lowest BCUT2D eigenvalue weighted by atomic mass is 10.1. The first-order valence-electron chi connectivity index (χ1n) is 8.81. The fraction of sp³-hybridized carbons (Fsp3) is 0.150. The summed E-state index contributed by atoms with van der Waals surface area (Å²) in [7, 11) is 0. The van der Waals surface area contributed by atoms with E-state index in [0.29, 0.717) is 23.8 Å². The Balaban J connectivity index is 1.59. The van der Waals surface area contributed by atoms with Gasteiger partial charge in [-0.25, -0.2) is 4.98 Å². The predicted octanol–water partition coefficient (Wildman–Crippen LogP) is 3.03. The highest BCUT2D eigenvalue weighted by molar-refractivity contribution is 6.22. The van der Waals surface area contributed by atoms with E-state index in [1.165, 1.54) is 0 Å². The number of rotatable bonds is 4. The van der Waals surface area contributed by atoms with Gasteiger partial charge >= 0.3 is 0 Å². The average Bonchev–Trinajstić information content (AvgIpc) is 3.26. The van der Waals surface area contributed by atoms with Crippen molar-refractivity contribution in [1.82, 2.24) is 24.8 Å². The van der Waals surface area contributed by atoms with Crippen LogP contribution >= 0.6 is 0 Å². The van der Waals surface area contributed by atoms with Crippen LogP contribution in [0.4, 0.5) is 0 Å². The Bertz CT molecular complexity index is 1170. The van der Waals surface area contributed by atoms with Gasteiger partial charge in [-0.15, -0.1) is 10.2 Å². The summed E-state index contributed by atoms with van der Waals surface area (Å²) in [6, 6.07) is 17.9. The summed E-state index contributed by atoms with van der Waals surface area (Å²) in [5.74, 6) is 1.25. The zero-order chi connectivity index (χ0) is 18.2. The van der Waals surface area contributed by atoms with Crippen LogP contribution in [0.3, 0.4) is 0 Å². The van der Waals surface area contributed by atoms with E-state index in [2.05, 4.69) is 20.3 Å². The van der Waals surface area contributed by atoms with Gasteiger partial charge in [0.1, 0.15) is 23.7 Å². The first-order chi connectivity index (χ1) is 13.3. The van der Waals surface area contributed by atoms with E-state index >= 15 is 0 Å². The lowest BCUT2D eigenvalue weighted by molar-refractivity contribution is 0.131. The number of hydrogen-bond donors (Lipinski definition) is 0. The van der Waals surface area contributed by atoms with Crippen molar-refractivity contribution in [3.05, 3.63) is 77.2 Å². The monoisotopic (exact) mass is 356 g/mol. The Labute approximate surface area is 155 Å². The third kappa shape index (κ3) is 2.55. The number of nitrogens with zero attached hydrogens (tertiary/aromatic N) is 6. The number of aryl methyl sites for hydroxylation is 1. The van der Waals surface area contributed by atoms with Crippen LogP contribution in [0, 0.1) is 0 Å². The fourth-order valence-electron chi connectivity index (χ4n) is 3.20. The molecule has 132 valence electrons. The molecule has 2 aromatic heterocycles. The molecule has 0 spiro atoms. The Morgan fingerprint density at radius 2 is 1.70 bits per heavy atom. The van der Waals surface area contributed by atoms with Gasteiger partial charge in [0.25, 0.3) is 5.78 Å². The van der Waals surface area contributed by atoms with Gasteiger partial charge in [-0.3, -0.25) is 0 Å². The molecule has 1 aliphatic rings. The van der Waals surface area contributed by atoms with Gasteiger partial charge in [0.05, 0.1) is 0 Å². The second-order valence-corrected chi connectivity index (χ2v) is 6.24. The maximum Gasteiger partial charge on any atom is 0.272 e. The first kappa shape index (κ1) is 15.6. The highest BCUT2D eigenvalue weighted by atomic mass is 16.6. The van der Waals surface area contributed by atoms with Crippen LogP contribution in [0.5, 0.6) is 0 Å². The summed E-state index contributed by atoms with van der Waals surface area (Å²) < 4.78 is 1.70. The molecule has 27 heavy (non-hydrogen) atoms. The van der Waals surface area contributed by atoms with Crippen molar-refractivity contribution in [2.24, 2.45) is 5.16 Å². The largest absolute Gasteiger partial charge is 0.390 e. The van der Waals surface area contributed by atoms with Gasteiger partial charge in [-0.1, -0.05) is 66.7 Å². The molecule has 0 amide bonds. The number of fused-ring (bicyclic) bond motifs is 4. The van der Waals surface area contributed by atoms with Gasteiger partial charge in [0.2, 0.25) is 0 Å². The first-order valence-corrected chi connectivity index (χ1v) is 8.81. The van der Waals surface area contributed by atoms with E-state index in [1.54, 1.807) is 4.52 Å². The average molecular weight is 356 g/mol. The molecule has 0 saturated heterocycles. The van der Waals surface area contributed by atoms with Gasteiger partial charge in [0, 0.05) is 17.5 Å². The lowest BCUT2D eigenvalue weighted by Gasteiger charge is -2.03. The molecule has 0 bridgehead atoms. The van der Waals surface area contributed by atoms with Crippen molar-refractivity contribution in [2.75, 3.05) is 0 Å². The van der Waals surface area contributed by atoms with Crippen molar-refractivity contribution >= 4 is 11.5 Å². The molecule has 0 fully saturated rings. The number of oxime groups is 1. The van der Waals surface area contributed by atoms with E-state index in [-0.39, 0.29) is 0 Å². The van der Waals surface area contributed by atoms with Crippen LogP contribution in [-0.2, 0) is 17.9 Å². The van der Waals surface area contributed by atoms with E-state index in [9.17, 15) is 0 Å². The van der Waals surface area contributed by atoms with Crippen molar-refractivity contribution in [3.8, 4) is 11.3 Å². The third-order valence-corrected chi connectivity index (χ3v) is 4.53. The zero-order valence-electron chi connectivity index (χ0n) is 14.7. The Morgan fingerprint density at radius 3 is 2.52 bits per heavy atom. The summed E-state index contributed by atoms with van der Waals surface area (Å²) in [4.78, 5) is 10.3. The molecular weight excluding hydrogens is 340 g/mol. The molecule has 5 rings (SSSR count). The minimum atomic E-state index is 0.391. The van der Waals surface area contributed by atoms with Gasteiger partial charge in [0.15, 0.2) is 5.82 Å². The minimum Gasteiger partial charge on any atom is -0.390 e. The minimum absolute atomic E-state index is 0.391. The van der Waals surface area contributed by atoms with Crippen molar-refractivity contribution in [2.45, 2.75) is 20.0 Å². The highest BCUT2D eigenvalue weighted by Gasteiger charge is 2.30. The molecule has 4 aromatic rings. The number of benzene rings is 2. The van der Waals surface area contributed by atoms with Crippen molar-refractivity contribution in [1.29, 1.82) is 0 Å². The fourth-order valence-corrected chi connectivity index (χ4v) is 3.20. The number of hydrogen-bond acceptors (Lipinski definition) is 6. The molecule has 0 unspecified atom stereocenters. The van der Waals surface area contributed by atoms with E-state index < -0.39 is 0 Å². The molecule has 2 aromatic carbocycles. The Kier molecular flexibility index (Phi) is 3.64. The SMILES string of the molecule is CCc1nnc2nc3c(nn12)-c1ccccc1/C3=N/OCc1ccccc1. The van der Waals surface area contributed by atoms with Crippen LogP contribution in [0.1, 0.15) is 29.6 Å². The summed E-state index contributed by atoms with van der Waals surface area (Å²) in [6.07, 6.45) is 0.734. The standard InChI is InChI=1S/C20H16N6O/c1-2-16-22-23-20-21-19-17(24-26(16)20)14-10-6-7-11-15(14)18(19)25-27-12-13-8-4-3-5-9-13/h3-11H,2,12H2,1H3/b25-18-. The summed E-state index contributed by atoms with van der Waals surface area (Å²) in [5.41, 5.74) is 5.12. The highest BCUT2D eigenvalue weighted by Crippen LogP contribution is 2.34. The second kappa shape index (κ2) is 6.28. The summed E-state index contributed by atoms with van der Waals surface area (Å²) in [5, 5.41) is 17.4. The van der Waals surface area contributed by atoms with Crippen molar-refractivity contribution < 1.29 is 4.84 Å². The van der Waals surface area contributed by atoms with Gasteiger partial charge in [-0.05, 0) is 5.56 Å². The molecule has 2 heterocycles. The third-order valence-electron chi connectivity index (χ3n) is 4.53. The van der Waals surface area contributed by atoms with Crippen LogP contribution in [0.15, 0.2) is 59.8 Å². The normalized spacial score (nSPS) is 13.7. The lowest BCUT2D eigenvalue weighted by Crippen LogP contribution is -2.07.